The lowest BCUT2D eigenvalue weighted by atomic mass is 9.67. The molecule has 10 aromatic carbocycles. The number of para-hydroxylation sites is 2. The molecule has 1 aromatic heterocycles. The second-order valence-corrected chi connectivity index (χ2v) is 18.7. The van der Waals surface area contributed by atoms with E-state index in [9.17, 15) is 0 Å². The molecular weight excluding hydrogens is 817 g/mol. The Morgan fingerprint density at radius 3 is 1.77 bits per heavy atom. The SMILES string of the molecule is C1=C(c2ccccc2)SC(N(c2ccccc2)c2ccc(-c3ccc4c(c3)c3ccccc3n4-c3ccc4c(c3)C(c3ccccc3)(c3ccccc3)c3ccccc3-4)c3ccccc23)C1. The summed E-state index contributed by atoms with van der Waals surface area (Å²) in [4.78, 5) is 3.89. The van der Waals surface area contributed by atoms with Crippen LogP contribution in [0.5, 0.6) is 0 Å². The van der Waals surface area contributed by atoms with Crippen molar-refractivity contribution in [3.05, 3.63) is 277 Å². The highest BCUT2D eigenvalue weighted by atomic mass is 32.2. The summed E-state index contributed by atoms with van der Waals surface area (Å²) in [5.74, 6) is 0. The number of hydrogen-bond donors (Lipinski definition) is 0. The van der Waals surface area contributed by atoms with Crippen molar-refractivity contribution >= 4 is 60.6 Å². The summed E-state index contributed by atoms with van der Waals surface area (Å²) in [6, 6.07) is 89.7. The van der Waals surface area contributed by atoms with E-state index in [1.54, 1.807) is 0 Å². The second-order valence-electron chi connectivity index (χ2n) is 17.5. The average Bonchev–Trinajstić information content (AvgIpc) is 4.09. The molecule has 11 aromatic rings. The maximum Gasteiger partial charge on any atom is 0.0880 e. The molecule has 0 bridgehead atoms. The van der Waals surface area contributed by atoms with Gasteiger partial charge < -0.3 is 9.47 Å². The first-order valence-electron chi connectivity index (χ1n) is 22.9. The van der Waals surface area contributed by atoms with Gasteiger partial charge in [0.1, 0.15) is 0 Å². The number of fused-ring (bicyclic) bond motifs is 7. The molecule has 2 aliphatic rings. The smallest absolute Gasteiger partial charge is 0.0880 e. The summed E-state index contributed by atoms with van der Waals surface area (Å²) in [6.07, 6.45) is 3.37. The summed E-state index contributed by atoms with van der Waals surface area (Å²) in [5, 5.41) is 5.19. The van der Waals surface area contributed by atoms with Gasteiger partial charge in [-0.25, -0.2) is 0 Å². The fourth-order valence-corrected chi connectivity index (χ4v) is 12.5. The van der Waals surface area contributed by atoms with Gasteiger partial charge in [-0.1, -0.05) is 200 Å². The second kappa shape index (κ2) is 15.7. The van der Waals surface area contributed by atoms with Crippen LogP contribution in [0.4, 0.5) is 11.4 Å². The fraction of sp³-hybridized carbons (Fsp3) is 0.0476. The zero-order valence-corrected chi connectivity index (χ0v) is 37.1. The molecule has 1 unspecified atom stereocenters. The van der Waals surface area contributed by atoms with Crippen LogP contribution >= 0.6 is 11.8 Å². The molecule has 2 nitrogen and oxygen atoms in total. The predicted molar refractivity (Wildman–Crippen MR) is 280 cm³/mol. The molecule has 66 heavy (non-hydrogen) atoms. The van der Waals surface area contributed by atoms with Gasteiger partial charge in [-0.05, 0) is 110 Å². The van der Waals surface area contributed by atoms with Crippen LogP contribution in [-0.4, -0.2) is 9.94 Å². The molecular formula is C63H44N2S. The third kappa shape index (κ3) is 5.97. The van der Waals surface area contributed by atoms with Crippen molar-refractivity contribution in [2.45, 2.75) is 17.2 Å². The fourth-order valence-electron chi connectivity index (χ4n) is 11.2. The summed E-state index contributed by atoms with van der Waals surface area (Å²) >= 11 is 1.96. The number of hydrogen-bond acceptors (Lipinski definition) is 2. The number of aromatic nitrogens is 1. The van der Waals surface area contributed by atoms with Crippen LogP contribution in [0.3, 0.4) is 0 Å². The Labute approximate surface area is 389 Å². The molecule has 0 saturated heterocycles. The van der Waals surface area contributed by atoms with Crippen LogP contribution in [-0.2, 0) is 5.41 Å². The minimum Gasteiger partial charge on any atom is -0.328 e. The summed E-state index contributed by atoms with van der Waals surface area (Å²) in [6.45, 7) is 0. The maximum atomic E-state index is 2.55. The van der Waals surface area contributed by atoms with E-state index in [0.717, 1.165) is 12.1 Å². The van der Waals surface area contributed by atoms with Gasteiger partial charge in [0.05, 0.1) is 27.5 Å². The van der Waals surface area contributed by atoms with Gasteiger partial charge in [0.15, 0.2) is 0 Å². The van der Waals surface area contributed by atoms with E-state index in [1.165, 1.54) is 98.9 Å². The van der Waals surface area contributed by atoms with E-state index >= 15 is 0 Å². The molecule has 1 aliphatic heterocycles. The van der Waals surface area contributed by atoms with Crippen molar-refractivity contribution in [3.63, 3.8) is 0 Å². The number of thioether (sulfide) groups is 1. The van der Waals surface area contributed by atoms with Gasteiger partial charge in [0.25, 0.3) is 0 Å². The predicted octanol–water partition coefficient (Wildman–Crippen LogP) is 16.6. The highest BCUT2D eigenvalue weighted by molar-refractivity contribution is 8.09. The lowest BCUT2D eigenvalue weighted by molar-refractivity contribution is 0.767. The zero-order chi connectivity index (χ0) is 43.6. The molecule has 0 radical (unpaired) electrons. The lowest BCUT2D eigenvalue weighted by Gasteiger charge is -2.34. The molecule has 0 N–H and O–H groups in total. The first-order chi connectivity index (χ1) is 32.8. The maximum absolute atomic E-state index is 2.55. The Morgan fingerprint density at radius 1 is 0.424 bits per heavy atom. The van der Waals surface area contributed by atoms with Gasteiger partial charge in [-0.15, -0.1) is 11.8 Å². The van der Waals surface area contributed by atoms with Gasteiger partial charge in [0.2, 0.25) is 0 Å². The highest BCUT2D eigenvalue weighted by Crippen LogP contribution is 2.57. The van der Waals surface area contributed by atoms with Crippen LogP contribution in [0.1, 0.15) is 34.2 Å². The Balaban J connectivity index is 0.956. The molecule has 312 valence electrons. The molecule has 0 saturated carbocycles. The van der Waals surface area contributed by atoms with Gasteiger partial charge in [0, 0.05) is 32.4 Å². The number of nitrogens with zero attached hydrogens (tertiary/aromatic N) is 2. The zero-order valence-electron chi connectivity index (χ0n) is 36.3. The Bertz CT molecular complexity index is 3610. The molecule has 2 heterocycles. The average molecular weight is 861 g/mol. The first-order valence-corrected chi connectivity index (χ1v) is 23.8. The molecule has 13 rings (SSSR count). The highest BCUT2D eigenvalue weighted by Gasteiger charge is 2.46. The summed E-state index contributed by atoms with van der Waals surface area (Å²) in [5.41, 5.74) is 16.9. The van der Waals surface area contributed by atoms with Crippen molar-refractivity contribution in [1.29, 1.82) is 0 Å². The summed E-state index contributed by atoms with van der Waals surface area (Å²) in [7, 11) is 0. The Morgan fingerprint density at radius 2 is 1.02 bits per heavy atom. The van der Waals surface area contributed by atoms with Crippen LogP contribution < -0.4 is 4.90 Å². The van der Waals surface area contributed by atoms with E-state index < -0.39 is 5.41 Å². The van der Waals surface area contributed by atoms with Crippen molar-refractivity contribution in [2.24, 2.45) is 0 Å². The number of anilines is 2. The molecule has 0 fully saturated rings. The van der Waals surface area contributed by atoms with Gasteiger partial charge in [-0.3, -0.25) is 0 Å². The van der Waals surface area contributed by atoms with Gasteiger partial charge in [-0.2, -0.15) is 0 Å². The lowest BCUT2D eigenvalue weighted by Crippen LogP contribution is -2.28. The molecule has 3 heteroatoms. The Hall–Kier alpha value is -7.85. The summed E-state index contributed by atoms with van der Waals surface area (Å²) < 4.78 is 2.48. The van der Waals surface area contributed by atoms with Crippen LogP contribution in [0.2, 0.25) is 0 Å². The monoisotopic (exact) mass is 860 g/mol. The van der Waals surface area contributed by atoms with Crippen molar-refractivity contribution < 1.29 is 0 Å². The molecule has 1 aliphatic carbocycles. The molecule has 0 spiro atoms. The van der Waals surface area contributed by atoms with E-state index in [0.29, 0.717) is 0 Å². The minimum absolute atomic E-state index is 0.221. The number of rotatable bonds is 8. The topological polar surface area (TPSA) is 8.17 Å². The Kier molecular flexibility index (Phi) is 9.18. The number of benzene rings is 10. The van der Waals surface area contributed by atoms with E-state index in [4.69, 9.17) is 0 Å². The van der Waals surface area contributed by atoms with Crippen LogP contribution in [0, 0.1) is 0 Å². The van der Waals surface area contributed by atoms with Crippen molar-refractivity contribution in [3.8, 4) is 27.9 Å². The van der Waals surface area contributed by atoms with E-state index in [1.807, 2.05) is 11.8 Å². The van der Waals surface area contributed by atoms with Gasteiger partial charge >= 0.3 is 0 Å². The normalized spacial score (nSPS) is 14.9. The first kappa shape index (κ1) is 38.6. The standard InChI is InChI=1S/C63H44N2S/c1-5-19-43(20-6-1)61-39-40-62(66-61)65(47-25-11-4-12-26-47)59-38-36-49(50-27-13-14-29-53(50)59)44-33-37-60-55(41-44)54-30-16-18-32-58(54)64(60)48-34-35-52-51-28-15-17-31-56(51)63(57(52)42-48,45-21-7-2-8-22-45)46-23-9-3-10-24-46/h1-39,41-42,62H,40H2. The molecule has 0 amide bonds. The van der Waals surface area contributed by atoms with Crippen molar-refractivity contribution in [2.75, 3.05) is 4.90 Å². The third-order valence-electron chi connectivity index (χ3n) is 14.0. The van der Waals surface area contributed by atoms with E-state index in [-0.39, 0.29) is 5.37 Å². The largest absolute Gasteiger partial charge is 0.328 e. The molecule has 1 atom stereocenters. The minimum atomic E-state index is -0.475. The van der Waals surface area contributed by atoms with E-state index in [2.05, 4.69) is 258 Å². The van der Waals surface area contributed by atoms with Crippen molar-refractivity contribution in [1.82, 2.24) is 4.57 Å². The van der Waals surface area contributed by atoms with Crippen LogP contribution in [0.25, 0.3) is 65.4 Å². The van der Waals surface area contributed by atoms with Crippen LogP contribution in [0.15, 0.2) is 249 Å². The third-order valence-corrected chi connectivity index (χ3v) is 15.3. The quantitative estimate of drug-likeness (QED) is 0.150.